The van der Waals surface area contributed by atoms with Gasteiger partial charge < -0.3 is 9.64 Å². The molecule has 2 aromatic carbocycles. The van der Waals surface area contributed by atoms with Crippen molar-refractivity contribution in [3.05, 3.63) is 66.0 Å². The van der Waals surface area contributed by atoms with E-state index in [9.17, 15) is 0 Å². The van der Waals surface area contributed by atoms with E-state index in [-0.39, 0.29) is 24.5 Å². The minimum atomic E-state index is 0. The lowest BCUT2D eigenvalue weighted by Crippen LogP contribution is -2.48. The Kier molecular flexibility index (Phi) is 7.29. The molecule has 8 heteroatoms. The van der Waals surface area contributed by atoms with Gasteiger partial charge in [-0.1, -0.05) is 30.3 Å². The second-order valence-corrected chi connectivity index (χ2v) is 7.61. The molecule has 1 aromatic heterocycles. The molecular weight excluding hydrogens is 400 g/mol. The van der Waals surface area contributed by atoms with Crippen LogP contribution in [0.5, 0.6) is 5.75 Å². The summed E-state index contributed by atoms with van der Waals surface area (Å²) in [6, 6.07) is 19.1. The zero-order valence-corrected chi connectivity index (χ0v) is 18.5. The normalized spacial score (nSPS) is 15.7. The molecule has 0 radical (unpaired) electrons. The Balaban J connectivity index is 0.00000256. The van der Waals surface area contributed by atoms with Gasteiger partial charge in [-0.25, -0.2) is 4.68 Å². The maximum atomic E-state index is 5.34. The van der Waals surface area contributed by atoms with Crippen LogP contribution in [0.4, 0.5) is 5.69 Å². The molecule has 0 N–H and O–H groups in total. The minimum Gasteiger partial charge on any atom is -0.497 e. The van der Waals surface area contributed by atoms with Gasteiger partial charge in [0.15, 0.2) is 5.82 Å². The fourth-order valence-corrected chi connectivity index (χ4v) is 3.93. The molecule has 1 saturated heterocycles. The van der Waals surface area contributed by atoms with Crippen LogP contribution in [-0.4, -0.2) is 58.4 Å². The first-order valence-corrected chi connectivity index (χ1v) is 10.1. The molecule has 2 heterocycles. The molecule has 3 aromatic rings. The van der Waals surface area contributed by atoms with E-state index < -0.39 is 0 Å². The molecule has 1 aliphatic rings. The van der Waals surface area contributed by atoms with Crippen LogP contribution in [0.3, 0.4) is 0 Å². The molecule has 0 spiro atoms. The molecule has 1 unspecified atom stereocenters. The van der Waals surface area contributed by atoms with Gasteiger partial charge in [-0.3, -0.25) is 4.90 Å². The maximum Gasteiger partial charge on any atom is 0.173 e. The molecule has 160 valence electrons. The monoisotopic (exact) mass is 428 g/mol. The van der Waals surface area contributed by atoms with Crippen LogP contribution in [-0.2, 0) is 0 Å². The Bertz CT molecular complexity index is 907. The Morgan fingerprint density at radius 2 is 1.57 bits per heavy atom. The lowest BCUT2D eigenvalue weighted by molar-refractivity contribution is 0.199. The summed E-state index contributed by atoms with van der Waals surface area (Å²) in [5.74, 6) is 1.74. The predicted molar refractivity (Wildman–Crippen MR) is 121 cm³/mol. The van der Waals surface area contributed by atoms with Gasteiger partial charge in [-0.05, 0) is 54.1 Å². The summed E-state index contributed by atoms with van der Waals surface area (Å²) in [5.41, 5.74) is 2.45. The highest BCUT2D eigenvalue weighted by molar-refractivity contribution is 5.85. The molecular formula is C22H29ClN6O. The molecule has 0 saturated carbocycles. The van der Waals surface area contributed by atoms with Gasteiger partial charge in [-0.2, -0.15) is 0 Å². The average Bonchev–Trinajstić information content (AvgIpc) is 3.25. The SMILES string of the molecule is COc1ccc(C(c2nnnn2C(C)C)N2CCN(c3ccccc3)CC2)cc1.Cl. The fraction of sp³-hybridized carbons (Fsp3) is 0.409. The molecule has 0 bridgehead atoms. The zero-order chi connectivity index (χ0) is 20.2. The number of nitrogens with zero attached hydrogens (tertiary/aromatic N) is 6. The smallest absolute Gasteiger partial charge is 0.173 e. The van der Waals surface area contributed by atoms with E-state index >= 15 is 0 Å². The van der Waals surface area contributed by atoms with Crippen molar-refractivity contribution in [3.8, 4) is 5.75 Å². The largest absolute Gasteiger partial charge is 0.497 e. The molecule has 0 amide bonds. The molecule has 30 heavy (non-hydrogen) atoms. The third-order valence-electron chi connectivity index (χ3n) is 5.48. The van der Waals surface area contributed by atoms with Crippen LogP contribution in [0.25, 0.3) is 0 Å². The fourth-order valence-electron chi connectivity index (χ4n) is 3.93. The Morgan fingerprint density at radius 3 is 2.17 bits per heavy atom. The number of benzene rings is 2. The number of tetrazole rings is 1. The third-order valence-corrected chi connectivity index (χ3v) is 5.48. The van der Waals surface area contributed by atoms with Crippen LogP contribution in [0.1, 0.15) is 37.3 Å². The molecule has 1 fully saturated rings. The first-order valence-electron chi connectivity index (χ1n) is 10.1. The van der Waals surface area contributed by atoms with E-state index in [1.165, 1.54) is 11.3 Å². The Hall–Kier alpha value is -2.64. The van der Waals surface area contributed by atoms with Crippen molar-refractivity contribution in [3.63, 3.8) is 0 Å². The highest BCUT2D eigenvalue weighted by atomic mass is 35.5. The number of piperazine rings is 1. The van der Waals surface area contributed by atoms with Crippen molar-refractivity contribution in [1.29, 1.82) is 0 Å². The van der Waals surface area contributed by atoms with Crippen molar-refractivity contribution >= 4 is 18.1 Å². The number of halogens is 1. The first kappa shape index (κ1) is 22.1. The summed E-state index contributed by atoms with van der Waals surface area (Å²) >= 11 is 0. The Labute approximate surface area is 184 Å². The van der Waals surface area contributed by atoms with Crippen molar-refractivity contribution in [2.45, 2.75) is 25.9 Å². The summed E-state index contributed by atoms with van der Waals surface area (Å²) in [7, 11) is 1.69. The summed E-state index contributed by atoms with van der Waals surface area (Å²) in [6.45, 7) is 8.05. The summed E-state index contributed by atoms with van der Waals surface area (Å²) in [5, 5.41) is 12.7. The third kappa shape index (κ3) is 4.57. The topological polar surface area (TPSA) is 59.3 Å². The molecule has 4 rings (SSSR count). The van der Waals surface area contributed by atoms with Gasteiger partial charge >= 0.3 is 0 Å². The van der Waals surface area contributed by atoms with Crippen molar-refractivity contribution < 1.29 is 4.74 Å². The quantitative estimate of drug-likeness (QED) is 0.598. The van der Waals surface area contributed by atoms with E-state index in [0.717, 1.165) is 37.8 Å². The number of methoxy groups -OCH3 is 1. The van der Waals surface area contributed by atoms with Crippen LogP contribution in [0.2, 0.25) is 0 Å². The van der Waals surface area contributed by atoms with Gasteiger partial charge in [0, 0.05) is 31.9 Å². The lowest BCUT2D eigenvalue weighted by atomic mass is 10.0. The molecule has 0 aliphatic carbocycles. The van der Waals surface area contributed by atoms with E-state index in [1.807, 2.05) is 16.8 Å². The summed E-state index contributed by atoms with van der Waals surface area (Å²) < 4.78 is 7.27. The van der Waals surface area contributed by atoms with Gasteiger partial charge in [0.2, 0.25) is 0 Å². The highest BCUT2D eigenvalue weighted by Crippen LogP contribution is 2.31. The number of para-hydroxylation sites is 1. The number of anilines is 1. The van der Waals surface area contributed by atoms with Gasteiger partial charge in [0.25, 0.3) is 0 Å². The standard InChI is InChI=1S/C22H28N6O.ClH/c1-17(2)28-22(23-24-25-28)21(18-9-11-20(29-3)12-10-18)27-15-13-26(14-16-27)19-7-5-4-6-8-19;/h4-12,17,21H,13-16H2,1-3H3;1H. The van der Waals surface area contributed by atoms with E-state index in [2.05, 4.69) is 81.6 Å². The van der Waals surface area contributed by atoms with Crippen LogP contribution in [0, 0.1) is 0 Å². The van der Waals surface area contributed by atoms with Crippen molar-refractivity contribution in [2.24, 2.45) is 0 Å². The number of aromatic nitrogens is 4. The average molecular weight is 429 g/mol. The van der Waals surface area contributed by atoms with Crippen LogP contribution >= 0.6 is 12.4 Å². The Morgan fingerprint density at radius 1 is 0.900 bits per heavy atom. The van der Waals surface area contributed by atoms with E-state index in [0.29, 0.717) is 0 Å². The lowest BCUT2D eigenvalue weighted by Gasteiger charge is -2.40. The number of ether oxygens (including phenoxy) is 1. The second-order valence-electron chi connectivity index (χ2n) is 7.61. The van der Waals surface area contributed by atoms with Crippen LogP contribution in [0.15, 0.2) is 54.6 Å². The predicted octanol–water partition coefficient (Wildman–Crippen LogP) is 3.60. The van der Waals surface area contributed by atoms with Gasteiger partial charge in [-0.15, -0.1) is 17.5 Å². The number of hydrogen-bond donors (Lipinski definition) is 0. The summed E-state index contributed by atoms with van der Waals surface area (Å²) in [4.78, 5) is 4.92. The van der Waals surface area contributed by atoms with Crippen LogP contribution < -0.4 is 9.64 Å². The second kappa shape index (κ2) is 9.91. The molecule has 1 aliphatic heterocycles. The first-order chi connectivity index (χ1) is 14.2. The van der Waals surface area contributed by atoms with E-state index in [1.54, 1.807) is 7.11 Å². The zero-order valence-electron chi connectivity index (χ0n) is 17.7. The summed E-state index contributed by atoms with van der Waals surface area (Å²) in [6.07, 6.45) is 0. The maximum absolute atomic E-state index is 5.34. The molecule has 7 nitrogen and oxygen atoms in total. The molecule has 1 atom stereocenters. The van der Waals surface area contributed by atoms with Gasteiger partial charge in [0.1, 0.15) is 5.75 Å². The number of hydrogen-bond acceptors (Lipinski definition) is 6. The number of rotatable bonds is 6. The van der Waals surface area contributed by atoms with Crippen molar-refractivity contribution in [2.75, 3.05) is 38.2 Å². The van der Waals surface area contributed by atoms with Gasteiger partial charge in [0.05, 0.1) is 19.2 Å². The van der Waals surface area contributed by atoms with E-state index in [4.69, 9.17) is 4.74 Å². The minimum absolute atomic E-state index is 0. The highest BCUT2D eigenvalue weighted by Gasteiger charge is 2.31. The van der Waals surface area contributed by atoms with Crippen molar-refractivity contribution in [1.82, 2.24) is 25.1 Å².